The summed E-state index contributed by atoms with van der Waals surface area (Å²) < 4.78 is 4.89. The van der Waals surface area contributed by atoms with Crippen LogP contribution in [-0.4, -0.2) is 49.2 Å². The van der Waals surface area contributed by atoms with Crippen molar-refractivity contribution in [1.29, 1.82) is 0 Å². The van der Waals surface area contributed by atoms with Gasteiger partial charge in [-0.05, 0) is 65.0 Å². The summed E-state index contributed by atoms with van der Waals surface area (Å²) in [5, 5.41) is 3.35. The van der Waals surface area contributed by atoms with E-state index < -0.39 is 5.54 Å². The number of methoxy groups -OCH3 is 1. The van der Waals surface area contributed by atoms with E-state index in [0.717, 1.165) is 18.9 Å². The van der Waals surface area contributed by atoms with Crippen LogP contribution in [0.25, 0.3) is 0 Å². The summed E-state index contributed by atoms with van der Waals surface area (Å²) in [6.07, 6.45) is 3.46. The standard InChI is InChI=1S/C15H28N2O2/c1-11(2)17-6-5-12(10-17)7-13-8-15(3,16-9-13)14(18)19-4/h11-13,16H,5-10H2,1-4H3. The predicted molar refractivity (Wildman–Crippen MR) is 76.0 cm³/mol. The summed E-state index contributed by atoms with van der Waals surface area (Å²) in [5.41, 5.74) is -0.463. The highest BCUT2D eigenvalue weighted by atomic mass is 16.5. The smallest absolute Gasteiger partial charge is 0.325 e. The predicted octanol–water partition coefficient (Wildman–Crippen LogP) is 1.65. The van der Waals surface area contributed by atoms with Crippen LogP contribution in [-0.2, 0) is 9.53 Å². The Kier molecular flexibility index (Phi) is 4.51. The number of ether oxygens (including phenoxy) is 1. The van der Waals surface area contributed by atoms with Gasteiger partial charge in [0.15, 0.2) is 0 Å². The minimum absolute atomic E-state index is 0.120. The average Bonchev–Trinajstić information content (AvgIpc) is 2.97. The van der Waals surface area contributed by atoms with Crippen LogP contribution < -0.4 is 5.32 Å². The molecule has 3 unspecified atom stereocenters. The van der Waals surface area contributed by atoms with Crippen molar-refractivity contribution in [3.8, 4) is 0 Å². The lowest BCUT2D eigenvalue weighted by molar-refractivity contribution is -0.147. The molecule has 4 heteroatoms. The summed E-state index contributed by atoms with van der Waals surface area (Å²) in [7, 11) is 1.47. The molecule has 2 aliphatic heterocycles. The van der Waals surface area contributed by atoms with Crippen LogP contribution in [0.1, 0.15) is 40.0 Å². The van der Waals surface area contributed by atoms with Crippen molar-refractivity contribution in [3.63, 3.8) is 0 Å². The van der Waals surface area contributed by atoms with E-state index in [1.54, 1.807) is 0 Å². The normalized spacial score (nSPS) is 36.1. The Bertz CT molecular complexity index is 332. The molecule has 4 nitrogen and oxygen atoms in total. The van der Waals surface area contributed by atoms with Gasteiger partial charge in [-0.3, -0.25) is 4.79 Å². The first kappa shape index (κ1) is 14.8. The van der Waals surface area contributed by atoms with Crippen molar-refractivity contribution >= 4 is 5.97 Å². The Hall–Kier alpha value is -0.610. The highest BCUT2D eigenvalue weighted by Gasteiger charge is 2.42. The lowest BCUT2D eigenvalue weighted by Crippen LogP contribution is -2.45. The Morgan fingerprint density at radius 3 is 2.79 bits per heavy atom. The topological polar surface area (TPSA) is 41.6 Å². The summed E-state index contributed by atoms with van der Waals surface area (Å²) in [5.74, 6) is 1.29. The Balaban J connectivity index is 1.81. The van der Waals surface area contributed by atoms with Crippen LogP contribution >= 0.6 is 0 Å². The number of carbonyl (C=O) groups excluding carboxylic acids is 1. The zero-order chi connectivity index (χ0) is 14.0. The maximum atomic E-state index is 11.8. The fraction of sp³-hybridized carbons (Fsp3) is 0.933. The second-order valence-corrected chi connectivity index (χ2v) is 6.75. The van der Waals surface area contributed by atoms with E-state index in [9.17, 15) is 4.79 Å². The van der Waals surface area contributed by atoms with Crippen LogP contribution in [0.2, 0.25) is 0 Å². The number of esters is 1. The molecular weight excluding hydrogens is 240 g/mol. The van der Waals surface area contributed by atoms with E-state index in [1.165, 1.54) is 33.0 Å². The first-order valence-corrected chi connectivity index (χ1v) is 7.52. The summed E-state index contributed by atoms with van der Waals surface area (Å²) >= 11 is 0. The Morgan fingerprint density at radius 1 is 1.47 bits per heavy atom. The van der Waals surface area contributed by atoms with Gasteiger partial charge in [-0.25, -0.2) is 0 Å². The van der Waals surface area contributed by atoms with Gasteiger partial charge >= 0.3 is 5.97 Å². The molecule has 0 aromatic rings. The molecule has 0 amide bonds. The van der Waals surface area contributed by atoms with Gasteiger partial charge in [-0.1, -0.05) is 0 Å². The van der Waals surface area contributed by atoms with Gasteiger partial charge in [0, 0.05) is 12.6 Å². The third kappa shape index (κ3) is 3.29. The molecule has 2 aliphatic rings. The van der Waals surface area contributed by atoms with Gasteiger partial charge < -0.3 is 15.0 Å². The first-order chi connectivity index (χ1) is 8.94. The molecule has 0 aromatic heterocycles. The zero-order valence-electron chi connectivity index (χ0n) is 12.7. The quantitative estimate of drug-likeness (QED) is 0.787. The second kappa shape index (κ2) is 5.80. The molecule has 0 aromatic carbocycles. The maximum Gasteiger partial charge on any atom is 0.325 e. The van der Waals surface area contributed by atoms with Crippen molar-refractivity contribution in [1.82, 2.24) is 10.2 Å². The van der Waals surface area contributed by atoms with Gasteiger partial charge in [0.2, 0.25) is 0 Å². The molecule has 0 bridgehead atoms. The average molecular weight is 268 g/mol. The van der Waals surface area contributed by atoms with Crippen molar-refractivity contribution in [2.24, 2.45) is 11.8 Å². The van der Waals surface area contributed by atoms with Gasteiger partial charge in [0.05, 0.1) is 7.11 Å². The summed E-state index contributed by atoms with van der Waals surface area (Å²) in [4.78, 5) is 14.3. The monoisotopic (exact) mass is 268 g/mol. The van der Waals surface area contributed by atoms with Crippen molar-refractivity contribution in [3.05, 3.63) is 0 Å². The highest BCUT2D eigenvalue weighted by molar-refractivity contribution is 5.80. The molecule has 0 spiro atoms. The van der Waals surface area contributed by atoms with Crippen LogP contribution in [0.15, 0.2) is 0 Å². The number of likely N-dealkylation sites (tertiary alicyclic amines) is 1. The van der Waals surface area contributed by atoms with Gasteiger partial charge in [0.1, 0.15) is 5.54 Å². The molecular formula is C15H28N2O2. The van der Waals surface area contributed by atoms with Crippen LogP contribution in [0.4, 0.5) is 0 Å². The van der Waals surface area contributed by atoms with Crippen LogP contribution in [0.5, 0.6) is 0 Å². The van der Waals surface area contributed by atoms with Crippen LogP contribution in [0, 0.1) is 11.8 Å². The van der Waals surface area contributed by atoms with Crippen molar-refractivity contribution in [2.45, 2.75) is 51.6 Å². The number of hydrogen-bond acceptors (Lipinski definition) is 4. The molecule has 110 valence electrons. The van der Waals surface area contributed by atoms with Crippen molar-refractivity contribution in [2.75, 3.05) is 26.7 Å². The minimum atomic E-state index is -0.463. The number of rotatable bonds is 4. The van der Waals surface area contributed by atoms with Crippen molar-refractivity contribution < 1.29 is 9.53 Å². The summed E-state index contributed by atoms with van der Waals surface area (Å²) in [6, 6.07) is 0.659. The second-order valence-electron chi connectivity index (χ2n) is 6.75. The SMILES string of the molecule is COC(=O)C1(C)CC(CC2CCN(C(C)C)C2)CN1. The molecule has 0 aliphatic carbocycles. The third-order valence-electron chi connectivity index (χ3n) is 4.83. The van der Waals surface area contributed by atoms with E-state index in [2.05, 4.69) is 24.1 Å². The fourth-order valence-electron chi connectivity index (χ4n) is 3.63. The summed E-state index contributed by atoms with van der Waals surface area (Å²) in [6.45, 7) is 9.92. The lowest BCUT2D eigenvalue weighted by atomic mass is 9.88. The van der Waals surface area contributed by atoms with E-state index in [4.69, 9.17) is 4.74 Å². The van der Waals surface area contributed by atoms with E-state index in [-0.39, 0.29) is 5.97 Å². The van der Waals surface area contributed by atoms with Crippen LogP contribution in [0.3, 0.4) is 0 Å². The number of hydrogen-bond donors (Lipinski definition) is 1. The molecule has 2 saturated heterocycles. The molecule has 3 atom stereocenters. The zero-order valence-corrected chi connectivity index (χ0v) is 12.7. The van der Waals surface area contributed by atoms with E-state index in [1.807, 2.05) is 6.92 Å². The fourth-order valence-corrected chi connectivity index (χ4v) is 3.63. The number of carbonyl (C=O) groups is 1. The van der Waals surface area contributed by atoms with Gasteiger partial charge in [-0.2, -0.15) is 0 Å². The van der Waals surface area contributed by atoms with E-state index in [0.29, 0.717) is 12.0 Å². The molecule has 0 saturated carbocycles. The highest BCUT2D eigenvalue weighted by Crippen LogP contribution is 2.32. The maximum absolute atomic E-state index is 11.8. The Morgan fingerprint density at radius 2 is 2.21 bits per heavy atom. The first-order valence-electron chi connectivity index (χ1n) is 7.52. The lowest BCUT2D eigenvalue weighted by Gasteiger charge is -2.22. The molecule has 19 heavy (non-hydrogen) atoms. The molecule has 2 heterocycles. The van der Waals surface area contributed by atoms with Gasteiger partial charge in [-0.15, -0.1) is 0 Å². The Labute approximate surface area is 116 Å². The number of nitrogens with zero attached hydrogens (tertiary/aromatic N) is 1. The molecule has 2 rings (SSSR count). The molecule has 0 radical (unpaired) electrons. The third-order valence-corrected chi connectivity index (χ3v) is 4.83. The molecule has 1 N–H and O–H groups in total. The largest absolute Gasteiger partial charge is 0.468 e. The van der Waals surface area contributed by atoms with Gasteiger partial charge in [0.25, 0.3) is 0 Å². The van der Waals surface area contributed by atoms with E-state index >= 15 is 0 Å². The molecule has 2 fully saturated rings. The minimum Gasteiger partial charge on any atom is -0.468 e. The number of nitrogens with one attached hydrogen (secondary N) is 1.